The van der Waals surface area contributed by atoms with Crippen LogP contribution in [0.4, 0.5) is 15.8 Å². The third-order valence-corrected chi connectivity index (χ3v) is 3.15. The van der Waals surface area contributed by atoms with Gasteiger partial charge in [-0.1, -0.05) is 0 Å². The van der Waals surface area contributed by atoms with Crippen molar-refractivity contribution in [1.82, 2.24) is 4.90 Å². The van der Waals surface area contributed by atoms with E-state index in [1.165, 1.54) is 12.1 Å². The molecule has 1 aromatic carbocycles. The fourth-order valence-corrected chi connectivity index (χ4v) is 1.65. The molecule has 1 rings (SSSR count). The highest BCUT2D eigenvalue weighted by Gasteiger charge is 2.03. The van der Waals surface area contributed by atoms with Gasteiger partial charge in [0.25, 0.3) is 0 Å². The zero-order valence-electron chi connectivity index (χ0n) is 11.5. The molecule has 0 radical (unpaired) electrons. The number of anilines is 2. The first-order chi connectivity index (χ1) is 8.50. The first kappa shape index (κ1) is 14.8. The van der Waals surface area contributed by atoms with Gasteiger partial charge in [0.1, 0.15) is 5.82 Å². The highest BCUT2D eigenvalue weighted by molar-refractivity contribution is 5.65. The van der Waals surface area contributed by atoms with Crippen LogP contribution in [0.25, 0.3) is 0 Å². The highest BCUT2D eigenvalue weighted by Crippen LogP contribution is 2.19. The largest absolute Gasteiger partial charge is 0.397 e. The van der Waals surface area contributed by atoms with Crippen LogP contribution in [0, 0.1) is 5.82 Å². The van der Waals surface area contributed by atoms with Crippen LogP contribution in [0.15, 0.2) is 18.2 Å². The van der Waals surface area contributed by atoms with Crippen molar-refractivity contribution in [2.24, 2.45) is 0 Å². The summed E-state index contributed by atoms with van der Waals surface area (Å²) in [6.45, 7) is 6.27. The highest BCUT2D eigenvalue weighted by atomic mass is 19.1. The number of nitrogen functional groups attached to an aromatic ring is 1. The fourth-order valence-electron chi connectivity index (χ4n) is 1.65. The third kappa shape index (κ3) is 4.92. The van der Waals surface area contributed by atoms with E-state index in [1.807, 2.05) is 0 Å². The Morgan fingerprint density at radius 3 is 2.72 bits per heavy atom. The zero-order valence-corrected chi connectivity index (χ0v) is 11.5. The summed E-state index contributed by atoms with van der Waals surface area (Å²) in [7, 11) is 2.13. The quantitative estimate of drug-likeness (QED) is 0.580. The normalized spacial score (nSPS) is 11.2. The molecule has 0 bridgehead atoms. The topological polar surface area (TPSA) is 41.3 Å². The molecule has 3 N–H and O–H groups in total. The van der Waals surface area contributed by atoms with Crippen molar-refractivity contribution in [3.05, 3.63) is 24.0 Å². The van der Waals surface area contributed by atoms with Gasteiger partial charge < -0.3 is 16.0 Å². The van der Waals surface area contributed by atoms with Gasteiger partial charge >= 0.3 is 0 Å². The van der Waals surface area contributed by atoms with Crippen molar-refractivity contribution in [2.45, 2.75) is 32.7 Å². The van der Waals surface area contributed by atoms with Crippen molar-refractivity contribution in [3.8, 4) is 0 Å². The lowest BCUT2D eigenvalue weighted by atomic mass is 10.2. The summed E-state index contributed by atoms with van der Waals surface area (Å²) in [5.41, 5.74) is 7.04. The summed E-state index contributed by atoms with van der Waals surface area (Å²) in [6, 6.07) is 4.98. The van der Waals surface area contributed by atoms with Gasteiger partial charge in [-0.2, -0.15) is 0 Å². The molecule has 4 heteroatoms. The van der Waals surface area contributed by atoms with Gasteiger partial charge in [-0.15, -0.1) is 0 Å². The minimum Gasteiger partial charge on any atom is -0.397 e. The van der Waals surface area contributed by atoms with Crippen molar-refractivity contribution in [1.29, 1.82) is 0 Å². The third-order valence-electron chi connectivity index (χ3n) is 3.15. The van der Waals surface area contributed by atoms with Gasteiger partial charge in [-0.05, 0) is 58.5 Å². The maximum absolute atomic E-state index is 13.0. The molecule has 0 heterocycles. The first-order valence-corrected chi connectivity index (χ1v) is 6.50. The molecule has 3 nitrogen and oxygen atoms in total. The maximum atomic E-state index is 13.0. The zero-order chi connectivity index (χ0) is 13.5. The van der Waals surface area contributed by atoms with Crippen LogP contribution < -0.4 is 11.1 Å². The number of nitrogens with two attached hydrogens (primary N) is 1. The predicted octanol–water partition coefficient (Wildman–Crippen LogP) is 2.94. The summed E-state index contributed by atoms with van der Waals surface area (Å²) in [6.07, 6.45) is 2.17. The minimum atomic E-state index is -0.258. The van der Waals surface area contributed by atoms with Gasteiger partial charge in [-0.3, -0.25) is 0 Å². The monoisotopic (exact) mass is 253 g/mol. The summed E-state index contributed by atoms with van der Waals surface area (Å²) >= 11 is 0. The molecule has 0 saturated heterocycles. The Balaban J connectivity index is 2.24. The second-order valence-electron chi connectivity index (χ2n) is 4.94. The number of halogens is 1. The van der Waals surface area contributed by atoms with Crippen LogP contribution in [0.2, 0.25) is 0 Å². The molecule has 102 valence electrons. The second kappa shape index (κ2) is 7.21. The average Bonchev–Trinajstić information content (AvgIpc) is 2.32. The van der Waals surface area contributed by atoms with Crippen LogP contribution in [0.3, 0.4) is 0 Å². The molecule has 0 spiro atoms. The van der Waals surface area contributed by atoms with E-state index in [4.69, 9.17) is 5.73 Å². The number of hydrogen-bond donors (Lipinski definition) is 2. The lowest BCUT2D eigenvalue weighted by Crippen LogP contribution is -2.27. The Labute approximate surface area is 109 Å². The molecule has 0 unspecified atom stereocenters. The van der Waals surface area contributed by atoms with Gasteiger partial charge in [0.2, 0.25) is 0 Å². The maximum Gasteiger partial charge on any atom is 0.125 e. The summed E-state index contributed by atoms with van der Waals surface area (Å²) < 4.78 is 13.0. The molecule has 18 heavy (non-hydrogen) atoms. The predicted molar refractivity (Wildman–Crippen MR) is 76.3 cm³/mol. The Morgan fingerprint density at radius 1 is 1.33 bits per heavy atom. The van der Waals surface area contributed by atoms with E-state index in [1.54, 1.807) is 6.07 Å². The van der Waals surface area contributed by atoms with Crippen molar-refractivity contribution < 1.29 is 4.39 Å². The number of nitrogens with zero attached hydrogens (tertiary/aromatic N) is 1. The van der Waals surface area contributed by atoms with Crippen LogP contribution in [-0.4, -0.2) is 31.1 Å². The van der Waals surface area contributed by atoms with E-state index in [2.05, 4.69) is 31.1 Å². The molecule has 0 atom stereocenters. The molecule has 0 aliphatic carbocycles. The Bertz CT molecular complexity index is 366. The van der Waals surface area contributed by atoms with Gasteiger partial charge in [0, 0.05) is 12.6 Å². The molecule has 0 amide bonds. The molecule has 0 saturated carbocycles. The van der Waals surface area contributed by atoms with E-state index in [0.29, 0.717) is 17.4 Å². The fraction of sp³-hybridized carbons (Fsp3) is 0.571. The Morgan fingerprint density at radius 2 is 2.06 bits per heavy atom. The van der Waals surface area contributed by atoms with Crippen molar-refractivity contribution in [2.75, 3.05) is 31.2 Å². The summed E-state index contributed by atoms with van der Waals surface area (Å²) in [5.74, 6) is -0.258. The van der Waals surface area contributed by atoms with Crippen LogP contribution in [-0.2, 0) is 0 Å². The van der Waals surface area contributed by atoms with E-state index < -0.39 is 0 Å². The number of nitrogens with one attached hydrogen (secondary N) is 1. The van der Waals surface area contributed by atoms with Crippen molar-refractivity contribution in [3.63, 3.8) is 0 Å². The molecular formula is C14H24FN3. The van der Waals surface area contributed by atoms with E-state index >= 15 is 0 Å². The molecule has 1 aromatic rings. The van der Waals surface area contributed by atoms with Crippen molar-refractivity contribution >= 4 is 11.4 Å². The lowest BCUT2D eigenvalue weighted by Gasteiger charge is -2.20. The van der Waals surface area contributed by atoms with E-state index in [0.717, 1.165) is 25.9 Å². The molecule has 0 aliphatic rings. The van der Waals surface area contributed by atoms with E-state index in [9.17, 15) is 4.39 Å². The van der Waals surface area contributed by atoms with Gasteiger partial charge in [0.15, 0.2) is 0 Å². The molecular weight excluding hydrogens is 229 g/mol. The second-order valence-corrected chi connectivity index (χ2v) is 4.94. The molecule has 0 aliphatic heterocycles. The van der Waals surface area contributed by atoms with Crippen LogP contribution in [0.5, 0.6) is 0 Å². The minimum absolute atomic E-state index is 0.258. The van der Waals surface area contributed by atoms with E-state index in [-0.39, 0.29) is 5.82 Å². The van der Waals surface area contributed by atoms with Crippen LogP contribution in [0.1, 0.15) is 26.7 Å². The number of hydrogen-bond acceptors (Lipinski definition) is 3. The van der Waals surface area contributed by atoms with Crippen LogP contribution >= 0.6 is 0 Å². The number of benzene rings is 1. The van der Waals surface area contributed by atoms with Gasteiger partial charge in [0.05, 0.1) is 11.4 Å². The molecule has 0 aromatic heterocycles. The lowest BCUT2D eigenvalue weighted by molar-refractivity contribution is 0.269. The average molecular weight is 253 g/mol. The SMILES string of the molecule is CC(C)N(C)CCCCNc1cc(F)ccc1N. The smallest absolute Gasteiger partial charge is 0.125 e. The number of rotatable bonds is 7. The first-order valence-electron chi connectivity index (χ1n) is 6.50. The summed E-state index contributed by atoms with van der Waals surface area (Å²) in [4.78, 5) is 2.32. The standard InChI is InChI=1S/C14H24FN3/c1-11(2)18(3)9-5-4-8-17-14-10-12(15)6-7-13(14)16/h6-7,10-11,17H,4-5,8-9,16H2,1-3H3. The Hall–Kier alpha value is -1.29. The Kier molecular flexibility index (Phi) is 5.92. The molecule has 0 fully saturated rings. The van der Waals surface area contributed by atoms with Gasteiger partial charge in [-0.25, -0.2) is 4.39 Å². The summed E-state index contributed by atoms with van der Waals surface area (Å²) in [5, 5.41) is 3.17. The number of unbranched alkanes of at least 4 members (excludes halogenated alkanes) is 1.